The third-order valence-electron chi connectivity index (χ3n) is 4.87. The Morgan fingerprint density at radius 2 is 1.79 bits per heavy atom. The van der Waals surface area contributed by atoms with Crippen LogP contribution in [0.5, 0.6) is 0 Å². The zero-order valence-electron chi connectivity index (χ0n) is 12.0. The number of likely N-dealkylation sites (N-methyl/N-ethyl adjacent to an activating group) is 1. The first-order chi connectivity index (χ1) is 9.34. The van der Waals surface area contributed by atoms with E-state index in [4.69, 9.17) is 4.74 Å². The van der Waals surface area contributed by atoms with Crippen molar-refractivity contribution < 1.29 is 4.74 Å². The summed E-state index contributed by atoms with van der Waals surface area (Å²) in [6.07, 6.45) is 7.00. The number of hydrogen-bond acceptors (Lipinski definition) is 2. The summed E-state index contributed by atoms with van der Waals surface area (Å²) < 4.78 is 5.45. The third kappa shape index (κ3) is 2.56. The molecule has 2 heteroatoms. The molecular formula is C17H25NO. The molecule has 0 atom stereocenters. The summed E-state index contributed by atoms with van der Waals surface area (Å²) in [6, 6.07) is 9.40. The maximum absolute atomic E-state index is 5.45. The van der Waals surface area contributed by atoms with Gasteiger partial charge < -0.3 is 10.1 Å². The van der Waals surface area contributed by atoms with Crippen LogP contribution in [0.25, 0.3) is 0 Å². The van der Waals surface area contributed by atoms with Crippen molar-refractivity contribution in [3.8, 4) is 0 Å². The fourth-order valence-electron chi connectivity index (χ4n) is 3.60. The molecule has 1 aromatic carbocycles. The van der Waals surface area contributed by atoms with Crippen molar-refractivity contribution in [2.45, 2.75) is 43.4 Å². The molecule has 1 aliphatic heterocycles. The van der Waals surface area contributed by atoms with Gasteiger partial charge in [0.2, 0.25) is 0 Å². The Labute approximate surface area is 116 Å². The second kappa shape index (κ2) is 5.64. The van der Waals surface area contributed by atoms with Crippen LogP contribution in [0.15, 0.2) is 24.3 Å². The smallest absolute Gasteiger partial charge is 0.0598 e. The zero-order chi connectivity index (χ0) is 13.1. The van der Waals surface area contributed by atoms with E-state index in [-0.39, 0.29) is 5.41 Å². The zero-order valence-corrected chi connectivity index (χ0v) is 12.0. The van der Waals surface area contributed by atoms with Gasteiger partial charge >= 0.3 is 0 Å². The minimum absolute atomic E-state index is 0.222. The molecule has 1 N–H and O–H groups in total. The monoisotopic (exact) mass is 259 g/mol. The molecule has 2 nitrogen and oxygen atoms in total. The standard InChI is InChI=1S/C17H25NO/c1-18-11-17(12-19-13-17)16-9-7-15(8-10-16)14-5-3-2-4-6-14/h7-10,14,18H,2-6,11-13H2,1H3. The van der Waals surface area contributed by atoms with Crippen molar-refractivity contribution in [3.63, 3.8) is 0 Å². The normalized spacial score (nSPS) is 23.0. The number of benzene rings is 1. The SMILES string of the molecule is CNCC1(c2ccc(C3CCCCC3)cc2)COC1. The lowest BCUT2D eigenvalue weighted by molar-refractivity contribution is -0.0582. The summed E-state index contributed by atoms with van der Waals surface area (Å²) in [6.45, 7) is 2.73. The molecule has 2 aliphatic rings. The Morgan fingerprint density at radius 3 is 2.32 bits per heavy atom. The predicted octanol–water partition coefficient (Wildman–Crippen LogP) is 3.22. The molecule has 0 radical (unpaired) electrons. The van der Waals surface area contributed by atoms with Crippen molar-refractivity contribution in [1.82, 2.24) is 5.32 Å². The molecule has 1 aliphatic carbocycles. The van der Waals surface area contributed by atoms with Gasteiger partial charge in [0, 0.05) is 6.54 Å². The second-order valence-corrected chi connectivity index (χ2v) is 6.26. The molecule has 1 aromatic rings. The van der Waals surface area contributed by atoms with Gasteiger partial charge in [0.15, 0.2) is 0 Å². The van der Waals surface area contributed by atoms with Gasteiger partial charge in [-0.3, -0.25) is 0 Å². The molecule has 2 fully saturated rings. The largest absolute Gasteiger partial charge is 0.379 e. The van der Waals surface area contributed by atoms with Crippen molar-refractivity contribution in [2.75, 3.05) is 26.8 Å². The topological polar surface area (TPSA) is 21.3 Å². The quantitative estimate of drug-likeness (QED) is 0.896. The maximum Gasteiger partial charge on any atom is 0.0598 e. The van der Waals surface area contributed by atoms with Crippen molar-refractivity contribution >= 4 is 0 Å². The summed E-state index contributed by atoms with van der Waals surface area (Å²) in [5, 5.41) is 3.31. The Bertz CT molecular complexity index is 402. The van der Waals surface area contributed by atoms with Crippen molar-refractivity contribution in [3.05, 3.63) is 35.4 Å². The lowest BCUT2D eigenvalue weighted by atomic mass is 9.77. The van der Waals surface area contributed by atoms with Crippen molar-refractivity contribution in [1.29, 1.82) is 0 Å². The van der Waals surface area contributed by atoms with Crippen LogP contribution >= 0.6 is 0 Å². The first kappa shape index (κ1) is 13.1. The number of hydrogen-bond donors (Lipinski definition) is 1. The molecule has 0 spiro atoms. The van der Waals surface area contributed by atoms with Crippen molar-refractivity contribution in [2.24, 2.45) is 0 Å². The summed E-state index contributed by atoms with van der Waals surface area (Å²) in [5.41, 5.74) is 3.20. The maximum atomic E-state index is 5.45. The number of rotatable bonds is 4. The van der Waals surface area contributed by atoms with E-state index in [2.05, 4.69) is 29.6 Å². The van der Waals surface area contributed by atoms with Gasteiger partial charge in [0.05, 0.1) is 18.6 Å². The van der Waals surface area contributed by atoms with Crippen LogP contribution in [0, 0.1) is 0 Å². The molecule has 0 bridgehead atoms. The van der Waals surface area contributed by atoms with E-state index in [0.717, 1.165) is 25.7 Å². The first-order valence-corrected chi connectivity index (χ1v) is 7.67. The van der Waals surface area contributed by atoms with Crippen LogP contribution in [0.2, 0.25) is 0 Å². The van der Waals surface area contributed by atoms with E-state index >= 15 is 0 Å². The van der Waals surface area contributed by atoms with Gasteiger partial charge in [-0.25, -0.2) is 0 Å². The Kier molecular flexibility index (Phi) is 3.90. The molecule has 1 heterocycles. The van der Waals surface area contributed by atoms with Gasteiger partial charge in [-0.2, -0.15) is 0 Å². The van der Waals surface area contributed by atoms with Crippen LogP contribution in [0.3, 0.4) is 0 Å². The minimum Gasteiger partial charge on any atom is -0.379 e. The highest BCUT2D eigenvalue weighted by Crippen LogP contribution is 2.35. The van der Waals surface area contributed by atoms with Crippen LogP contribution in [-0.4, -0.2) is 26.8 Å². The van der Waals surface area contributed by atoms with Crippen LogP contribution in [0.1, 0.15) is 49.1 Å². The molecule has 3 rings (SSSR count). The molecular weight excluding hydrogens is 234 g/mol. The number of nitrogens with one attached hydrogen (secondary N) is 1. The van der Waals surface area contributed by atoms with Gasteiger partial charge in [0.25, 0.3) is 0 Å². The molecule has 19 heavy (non-hydrogen) atoms. The van der Waals surface area contributed by atoms with Crippen LogP contribution in [0.4, 0.5) is 0 Å². The second-order valence-electron chi connectivity index (χ2n) is 6.26. The van der Waals surface area contributed by atoms with E-state index < -0.39 is 0 Å². The van der Waals surface area contributed by atoms with Gasteiger partial charge in [-0.15, -0.1) is 0 Å². The molecule has 0 amide bonds. The molecule has 0 aromatic heterocycles. The van der Waals surface area contributed by atoms with Gasteiger partial charge in [-0.05, 0) is 36.9 Å². The number of ether oxygens (including phenoxy) is 1. The highest BCUT2D eigenvalue weighted by atomic mass is 16.5. The highest BCUT2D eigenvalue weighted by molar-refractivity contribution is 5.33. The first-order valence-electron chi connectivity index (χ1n) is 7.67. The van der Waals surface area contributed by atoms with E-state index in [0.29, 0.717) is 0 Å². The van der Waals surface area contributed by atoms with E-state index in [1.54, 1.807) is 5.56 Å². The lowest BCUT2D eigenvalue weighted by Crippen LogP contribution is -2.52. The molecule has 1 saturated carbocycles. The van der Waals surface area contributed by atoms with Gasteiger partial charge in [-0.1, -0.05) is 43.5 Å². The van der Waals surface area contributed by atoms with E-state index in [1.807, 2.05) is 7.05 Å². The highest BCUT2D eigenvalue weighted by Gasteiger charge is 2.39. The third-order valence-corrected chi connectivity index (χ3v) is 4.87. The summed E-state index contributed by atoms with van der Waals surface area (Å²) in [5.74, 6) is 0.806. The minimum atomic E-state index is 0.222. The molecule has 104 valence electrons. The Hall–Kier alpha value is -0.860. The Balaban J connectivity index is 1.74. The lowest BCUT2D eigenvalue weighted by Gasteiger charge is -2.42. The average Bonchev–Trinajstić information content (AvgIpc) is 2.44. The summed E-state index contributed by atoms with van der Waals surface area (Å²) in [4.78, 5) is 0. The average molecular weight is 259 g/mol. The van der Waals surface area contributed by atoms with Crippen LogP contribution < -0.4 is 5.32 Å². The summed E-state index contributed by atoms with van der Waals surface area (Å²) >= 11 is 0. The van der Waals surface area contributed by atoms with Gasteiger partial charge in [0.1, 0.15) is 0 Å². The van der Waals surface area contributed by atoms with E-state index in [9.17, 15) is 0 Å². The van der Waals surface area contributed by atoms with E-state index in [1.165, 1.54) is 37.7 Å². The van der Waals surface area contributed by atoms with Crippen LogP contribution in [-0.2, 0) is 10.2 Å². The Morgan fingerprint density at radius 1 is 1.11 bits per heavy atom. The fraction of sp³-hybridized carbons (Fsp3) is 0.647. The predicted molar refractivity (Wildman–Crippen MR) is 78.7 cm³/mol. The molecule has 1 saturated heterocycles. The molecule has 0 unspecified atom stereocenters. The fourth-order valence-corrected chi connectivity index (χ4v) is 3.60. The summed E-state index contributed by atoms with van der Waals surface area (Å²) in [7, 11) is 2.02.